The third kappa shape index (κ3) is 5.04. The number of hydrogen-bond donors (Lipinski definition) is 3. The molecule has 0 bridgehead atoms. The number of aliphatic hydroxyl groups excluding tert-OH is 1. The highest BCUT2D eigenvalue weighted by molar-refractivity contribution is 5.76. The Kier molecular flexibility index (Phi) is 5.92. The molecule has 1 aliphatic carbocycles. The third-order valence-corrected chi connectivity index (χ3v) is 3.70. The Morgan fingerprint density at radius 2 is 2.06 bits per heavy atom. The monoisotopic (exact) mass is 242 g/mol. The van der Waals surface area contributed by atoms with Crippen molar-refractivity contribution in [2.45, 2.75) is 58.1 Å². The maximum absolute atomic E-state index is 11.7. The van der Waals surface area contributed by atoms with E-state index in [1.165, 1.54) is 0 Å². The maximum Gasteiger partial charge on any atom is 0.220 e. The van der Waals surface area contributed by atoms with E-state index in [0.717, 1.165) is 12.8 Å². The fraction of sp³-hybridized carbons (Fsp3) is 0.923. The van der Waals surface area contributed by atoms with Crippen molar-refractivity contribution in [2.24, 2.45) is 17.6 Å². The molecule has 100 valence electrons. The van der Waals surface area contributed by atoms with Crippen LogP contribution in [0.1, 0.15) is 46.0 Å². The molecule has 17 heavy (non-hydrogen) atoms. The van der Waals surface area contributed by atoms with Gasteiger partial charge in [-0.1, -0.05) is 13.8 Å². The molecule has 4 heteroatoms. The molecule has 1 saturated carbocycles. The molecule has 4 nitrogen and oxygen atoms in total. The van der Waals surface area contributed by atoms with Crippen LogP contribution in [0, 0.1) is 11.8 Å². The highest BCUT2D eigenvalue weighted by Crippen LogP contribution is 2.22. The minimum absolute atomic E-state index is 0.115. The van der Waals surface area contributed by atoms with E-state index in [4.69, 9.17) is 10.8 Å². The van der Waals surface area contributed by atoms with E-state index in [1.807, 2.05) is 0 Å². The Hall–Kier alpha value is -0.610. The summed E-state index contributed by atoms with van der Waals surface area (Å²) in [6, 6.07) is 0.199. The van der Waals surface area contributed by atoms with E-state index < -0.39 is 0 Å². The average molecular weight is 242 g/mol. The number of amides is 1. The van der Waals surface area contributed by atoms with Crippen molar-refractivity contribution >= 4 is 5.91 Å². The molecule has 0 aromatic heterocycles. The Balaban J connectivity index is 2.17. The third-order valence-electron chi connectivity index (χ3n) is 3.70. The molecule has 1 unspecified atom stereocenters. The minimum atomic E-state index is -0.207. The van der Waals surface area contributed by atoms with E-state index in [0.29, 0.717) is 37.6 Å². The lowest BCUT2D eigenvalue weighted by Crippen LogP contribution is -2.46. The van der Waals surface area contributed by atoms with Crippen LogP contribution in [0.15, 0.2) is 0 Å². The van der Waals surface area contributed by atoms with Gasteiger partial charge in [0.2, 0.25) is 5.91 Å². The van der Waals surface area contributed by atoms with Crippen molar-refractivity contribution in [1.82, 2.24) is 5.32 Å². The highest BCUT2D eigenvalue weighted by atomic mass is 16.3. The van der Waals surface area contributed by atoms with Crippen LogP contribution in [0.2, 0.25) is 0 Å². The van der Waals surface area contributed by atoms with E-state index in [1.54, 1.807) is 0 Å². The lowest BCUT2D eigenvalue weighted by Gasteiger charge is -2.32. The highest BCUT2D eigenvalue weighted by Gasteiger charge is 2.28. The molecule has 0 spiro atoms. The van der Waals surface area contributed by atoms with Crippen LogP contribution < -0.4 is 11.1 Å². The molecule has 1 amide bonds. The van der Waals surface area contributed by atoms with Gasteiger partial charge in [0.25, 0.3) is 0 Å². The Morgan fingerprint density at radius 1 is 1.41 bits per heavy atom. The van der Waals surface area contributed by atoms with Crippen LogP contribution in [0.5, 0.6) is 0 Å². The van der Waals surface area contributed by atoms with Crippen LogP contribution >= 0.6 is 0 Å². The second-order valence-corrected chi connectivity index (χ2v) is 5.51. The molecule has 0 heterocycles. The maximum atomic E-state index is 11.7. The summed E-state index contributed by atoms with van der Waals surface area (Å²) in [6.45, 7) is 5.06. The van der Waals surface area contributed by atoms with Gasteiger partial charge in [-0.3, -0.25) is 4.79 Å². The van der Waals surface area contributed by atoms with Gasteiger partial charge in [0.05, 0.1) is 6.10 Å². The number of nitrogens with one attached hydrogen (secondary N) is 1. The number of aliphatic hydroxyl groups is 1. The van der Waals surface area contributed by atoms with Gasteiger partial charge in [-0.25, -0.2) is 0 Å². The van der Waals surface area contributed by atoms with Crippen LogP contribution in [0.4, 0.5) is 0 Å². The summed E-state index contributed by atoms with van der Waals surface area (Å²) in [5.41, 5.74) is 5.57. The van der Waals surface area contributed by atoms with Gasteiger partial charge in [0, 0.05) is 12.5 Å². The first-order chi connectivity index (χ1) is 8.02. The summed E-state index contributed by atoms with van der Waals surface area (Å²) in [7, 11) is 0. The fourth-order valence-electron chi connectivity index (χ4n) is 2.35. The van der Waals surface area contributed by atoms with E-state index in [9.17, 15) is 4.79 Å². The summed E-state index contributed by atoms with van der Waals surface area (Å²) in [5, 5.41) is 12.1. The minimum Gasteiger partial charge on any atom is -0.393 e. The smallest absolute Gasteiger partial charge is 0.220 e. The summed E-state index contributed by atoms with van der Waals surface area (Å²) in [6.07, 6.45) is 3.70. The SMILES string of the molecule is CC(C)C(CCN)CCC(=O)NC1CC(O)C1. The molecule has 0 saturated heterocycles. The van der Waals surface area contributed by atoms with Crippen molar-refractivity contribution in [3.8, 4) is 0 Å². The standard InChI is InChI=1S/C13H26N2O2/c1-9(2)10(5-6-14)3-4-13(17)15-11-7-12(16)8-11/h9-12,16H,3-8,14H2,1-2H3,(H,15,17). The van der Waals surface area contributed by atoms with Crippen molar-refractivity contribution < 1.29 is 9.90 Å². The summed E-state index contributed by atoms with van der Waals surface area (Å²) < 4.78 is 0. The lowest BCUT2D eigenvalue weighted by molar-refractivity contribution is -0.123. The van der Waals surface area contributed by atoms with Gasteiger partial charge in [-0.2, -0.15) is 0 Å². The van der Waals surface area contributed by atoms with Crippen molar-refractivity contribution in [3.05, 3.63) is 0 Å². The van der Waals surface area contributed by atoms with Gasteiger partial charge in [-0.15, -0.1) is 0 Å². The number of carbonyl (C=O) groups excluding carboxylic acids is 1. The first-order valence-electron chi connectivity index (χ1n) is 6.70. The second-order valence-electron chi connectivity index (χ2n) is 5.51. The first-order valence-corrected chi connectivity index (χ1v) is 6.70. The lowest BCUT2D eigenvalue weighted by atomic mass is 9.87. The van der Waals surface area contributed by atoms with Crippen LogP contribution in [0.3, 0.4) is 0 Å². The average Bonchev–Trinajstić information content (AvgIpc) is 2.21. The fourth-order valence-corrected chi connectivity index (χ4v) is 2.35. The molecule has 1 rings (SSSR count). The predicted molar refractivity (Wildman–Crippen MR) is 68.4 cm³/mol. The molecular formula is C13H26N2O2. The Morgan fingerprint density at radius 3 is 2.53 bits per heavy atom. The largest absolute Gasteiger partial charge is 0.393 e. The summed E-state index contributed by atoms with van der Waals surface area (Å²) in [4.78, 5) is 11.7. The summed E-state index contributed by atoms with van der Waals surface area (Å²) in [5.74, 6) is 1.24. The Labute approximate surface area is 104 Å². The number of hydrogen-bond acceptors (Lipinski definition) is 3. The molecule has 0 aromatic carbocycles. The summed E-state index contributed by atoms with van der Waals surface area (Å²) >= 11 is 0. The van der Waals surface area contributed by atoms with Gasteiger partial charge in [0.15, 0.2) is 0 Å². The van der Waals surface area contributed by atoms with Gasteiger partial charge < -0.3 is 16.2 Å². The van der Waals surface area contributed by atoms with E-state index >= 15 is 0 Å². The molecule has 1 atom stereocenters. The van der Waals surface area contributed by atoms with Crippen LogP contribution in [-0.4, -0.2) is 29.7 Å². The molecule has 4 N–H and O–H groups in total. The number of carbonyl (C=O) groups is 1. The van der Waals surface area contributed by atoms with Crippen molar-refractivity contribution in [3.63, 3.8) is 0 Å². The normalized spacial score (nSPS) is 25.5. The molecule has 0 aromatic rings. The van der Waals surface area contributed by atoms with E-state index in [-0.39, 0.29) is 18.1 Å². The van der Waals surface area contributed by atoms with Gasteiger partial charge in [-0.05, 0) is 44.1 Å². The zero-order valence-corrected chi connectivity index (χ0v) is 11.0. The van der Waals surface area contributed by atoms with Gasteiger partial charge in [0.1, 0.15) is 0 Å². The zero-order chi connectivity index (χ0) is 12.8. The zero-order valence-electron chi connectivity index (χ0n) is 11.0. The van der Waals surface area contributed by atoms with Crippen molar-refractivity contribution in [2.75, 3.05) is 6.54 Å². The number of nitrogens with two attached hydrogens (primary N) is 1. The second kappa shape index (κ2) is 6.97. The van der Waals surface area contributed by atoms with Crippen LogP contribution in [-0.2, 0) is 4.79 Å². The molecule has 1 fully saturated rings. The number of rotatable bonds is 7. The first kappa shape index (κ1) is 14.5. The van der Waals surface area contributed by atoms with Gasteiger partial charge >= 0.3 is 0 Å². The van der Waals surface area contributed by atoms with E-state index in [2.05, 4.69) is 19.2 Å². The molecular weight excluding hydrogens is 216 g/mol. The molecule has 0 radical (unpaired) electrons. The quantitative estimate of drug-likeness (QED) is 0.624. The Bertz CT molecular complexity index is 238. The van der Waals surface area contributed by atoms with Crippen molar-refractivity contribution in [1.29, 1.82) is 0 Å². The van der Waals surface area contributed by atoms with Crippen LogP contribution in [0.25, 0.3) is 0 Å². The molecule has 0 aliphatic heterocycles. The topological polar surface area (TPSA) is 75.4 Å². The predicted octanol–water partition coefficient (Wildman–Crippen LogP) is 1.03. The molecule has 1 aliphatic rings.